The monoisotopic (exact) mass is 298 g/mol. The fourth-order valence-corrected chi connectivity index (χ4v) is 1.85. The molecule has 1 unspecified atom stereocenters. The number of amides is 1. The van der Waals surface area contributed by atoms with E-state index < -0.39 is 29.4 Å². The molecule has 1 aromatic carbocycles. The van der Waals surface area contributed by atoms with Crippen LogP contribution in [0.3, 0.4) is 0 Å². The molecule has 4 N–H and O–H groups in total. The van der Waals surface area contributed by atoms with Gasteiger partial charge in [0.2, 0.25) is 5.91 Å². The van der Waals surface area contributed by atoms with Crippen LogP contribution in [0.1, 0.15) is 32.4 Å². The summed E-state index contributed by atoms with van der Waals surface area (Å²) in [4.78, 5) is 23.4. The topological polar surface area (TPSA) is 92.4 Å². The number of benzene rings is 1. The van der Waals surface area contributed by atoms with E-state index in [1.807, 2.05) is 20.8 Å². The Morgan fingerprint density at radius 1 is 1.30 bits per heavy atom. The lowest BCUT2D eigenvalue weighted by Gasteiger charge is -2.27. The third kappa shape index (κ3) is 3.95. The van der Waals surface area contributed by atoms with E-state index in [0.29, 0.717) is 5.56 Å². The largest absolute Gasteiger partial charge is 0.479 e. The number of carboxylic acid groups (broad SMARTS) is 1. The molecule has 1 aromatic rings. The molecule has 0 saturated heterocycles. The highest BCUT2D eigenvalue weighted by atomic mass is 35.5. The zero-order chi connectivity index (χ0) is 15.5. The van der Waals surface area contributed by atoms with Crippen molar-refractivity contribution in [3.05, 3.63) is 34.9 Å². The minimum atomic E-state index is -1.22. The maximum atomic E-state index is 12.0. The zero-order valence-electron chi connectivity index (χ0n) is 11.7. The number of nitrogens with one attached hydrogen (secondary N) is 1. The molecule has 0 bridgehead atoms. The van der Waals surface area contributed by atoms with E-state index in [4.69, 9.17) is 17.3 Å². The van der Waals surface area contributed by atoms with Crippen LogP contribution < -0.4 is 11.1 Å². The first-order valence-corrected chi connectivity index (χ1v) is 6.55. The Kier molecular flexibility index (Phi) is 5.14. The number of carbonyl (C=O) groups is 2. The Labute approximate surface area is 123 Å². The van der Waals surface area contributed by atoms with E-state index in [2.05, 4.69) is 5.32 Å². The van der Waals surface area contributed by atoms with E-state index in [1.54, 1.807) is 24.3 Å². The quantitative estimate of drug-likeness (QED) is 0.792. The third-order valence-electron chi connectivity index (χ3n) is 2.97. The molecular formula is C14H19ClN2O3. The smallest absolute Gasteiger partial charge is 0.330 e. The van der Waals surface area contributed by atoms with Gasteiger partial charge in [-0.05, 0) is 11.5 Å². The Bertz CT molecular complexity index is 511. The predicted molar refractivity (Wildman–Crippen MR) is 77.4 cm³/mol. The molecule has 0 fully saturated rings. The number of carbonyl (C=O) groups excluding carboxylic acids is 1. The summed E-state index contributed by atoms with van der Waals surface area (Å²) in [6, 6.07) is 4.45. The molecule has 5 nitrogen and oxygen atoms in total. The van der Waals surface area contributed by atoms with Gasteiger partial charge >= 0.3 is 5.97 Å². The lowest BCUT2D eigenvalue weighted by atomic mass is 9.86. The Balaban J connectivity index is 2.99. The number of hydrogen-bond acceptors (Lipinski definition) is 3. The van der Waals surface area contributed by atoms with Crippen molar-refractivity contribution in [3.63, 3.8) is 0 Å². The predicted octanol–water partition coefficient (Wildman–Crippen LogP) is 1.96. The highest BCUT2D eigenvalue weighted by molar-refractivity contribution is 6.31. The Morgan fingerprint density at radius 2 is 1.85 bits per heavy atom. The summed E-state index contributed by atoms with van der Waals surface area (Å²) in [5, 5.41) is 12.0. The first-order valence-electron chi connectivity index (χ1n) is 6.17. The van der Waals surface area contributed by atoms with E-state index in [-0.39, 0.29) is 5.02 Å². The molecular weight excluding hydrogens is 280 g/mol. The molecule has 0 aliphatic carbocycles. The van der Waals surface area contributed by atoms with Crippen molar-refractivity contribution < 1.29 is 14.7 Å². The molecule has 0 saturated carbocycles. The third-order valence-corrected chi connectivity index (χ3v) is 3.31. The van der Waals surface area contributed by atoms with Gasteiger partial charge in [0.1, 0.15) is 0 Å². The summed E-state index contributed by atoms with van der Waals surface area (Å²) >= 11 is 5.97. The van der Waals surface area contributed by atoms with Gasteiger partial charge in [0.25, 0.3) is 0 Å². The lowest BCUT2D eigenvalue weighted by Crippen LogP contribution is -2.50. The van der Waals surface area contributed by atoms with Crippen LogP contribution in [0.4, 0.5) is 0 Å². The van der Waals surface area contributed by atoms with Gasteiger partial charge in [-0.1, -0.05) is 50.6 Å². The number of carboxylic acids is 1. The molecule has 1 amide bonds. The van der Waals surface area contributed by atoms with Gasteiger partial charge in [0.15, 0.2) is 6.04 Å². The van der Waals surface area contributed by atoms with Gasteiger partial charge in [-0.25, -0.2) is 4.79 Å². The highest BCUT2D eigenvalue weighted by Gasteiger charge is 2.31. The van der Waals surface area contributed by atoms with Crippen molar-refractivity contribution in [2.75, 3.05) is 0 Å². The highest BCUT2D eigenvalue weighted by Crippen LogP contribution is 2.24. The molecule has 2 atom stereocenters. The summed E-state index contributed by atoms with van der Waals surface area (Å²) < 4.78 is 0. The van der Waals surface area contributed by atoms with E-state index in [0.717, 1.165) is 0 Å². The van der Waals surface area contributed by atoms with Crippen molar-refractivity contribution in [1.82, 2.24) is 5.32 Å². The summed E-state index contributed by atoms with van der Waals surface area (Å²) in [6.07, 6.45) is 0. The van der Waals surface area contributed by atoms with Crippen LogP contribution in [0.5, 0.6) is 0 Å². The number of rotatable bonds is 4. The second kappa shape index (κ2) is 6.24. The first-order chi connectivity index (χ1) is 9.14. The lowest BCUT2D eigenvalue weighted by molar-refractivity contribution is -0.142. The van der Waals surface area contributed by atoms with Crippen LogP contribution in [-0.2, 0) is 9.59 Å². The molecule has 20 heavy (non-hydrogen) atoms. The van der Waals surface area contributed by atoms with Crippen molar-refractivity contribution in [1.29, 1.82) is 0 Å². The standard InChI is InChI=1S/C14H19ClN2O3/c1-14(2,3)11(16)12(18)17-10(13(19)20)8-6-4-5-7-9(8)15/h4-7,10-11H,16H2,1-3H3,(H,17,18)(H,19,20)/t10-,11?/m1/s1. The SMILES string of the molecule is CC(C)(C)C(N)C(=O)N[C@@H](C(=O)O)c1ccccc1Cl. The summed E-state index contributed by atoms with van der Waals surface area (Å²) in [7, 11) is 0. The maximum absolute atomic E-state index is 12.0. The van der Waals surface area contributed by atoms with Crippen LogP contribution in [-0.4, -0.2) is 23.0 Å². The fraction of sp³-hybridized carbons (Fsp3) is 0.429. The van der Waals surface area contributed by atoms with Crippen molar-refractivity contribution in [3.8, 4) is 0 Å². The number of nitrogens with two attached hydrogens (primary N) is 1. The van der Waals surface area contributed by atoms with Gasteiger partial charge < -0.3 is 16.2 Å². The second-order valence-corrected chi connectivity index (χ2v) is 6.05. The summed E-state index contributed by atoms with van der Waals surface area (Å²) in [5.74, 6) is -1.71. The molecule has 0 radical (unpaired) electrons. The average molecular weight is 299 g/mol. The fourth-order valence-electron chi connectivity index (χ4n) is 1.61. The van der Waals surface area contributed by atoms with Gasteiger partial charge in [0, 0.05) is 10.6 Å². The Hall–Kier alpha value is -1.59. The van der Waals surface area contributed by atoms with Crippen LogP contribution in [0.2, 0.25) is 5.02 Å². The van der Waals surface area contributed by atoms with E-state index in [9.17, 15) is 14.7 Å². The normalized spacial score (nSPS) is 14.4. The maximum Gasteiger partial charge on any atom is 0.330 e. The van der Waals surface area contributed by atoms with Gasteiger partial charge in [-0.2, -0.15) is 0 Å². The first kappa shape index (κ1) is 16.5. The molecule has 1 rings (SSSR count). The Morgan fingerprint density at radius 3 is 2.30 bits per heavy atom. The molecule has 0 heterocycles. The molecule has 110 valence electrons. The minimum Gasteiger partial charge on any atom is -0.479 e. The van der Waals surface area contributed by atoms with Crippen LogP contribution in [0.25, 0.3) is 0 Å². The van der Waals surface area contributed by atoms with E-state index in [1.165, 1.54) is 0 Å². The number of aliphatic carboxylic acids is 1. The van der Waals surface area contributed by atoms with E-state index >= 15 is 0 Å². The van der Waals surface area contributed by atoms with Crippen LogP contribution in [0, 0.1) is 5.41 Å². The van der Waals surface area contributed by atoms with Crippen molar-refractivity contribution in [2.24, 2.45) is 11.1 Å². The van der Waals surface area contributed by atoms with Gasteiger partial charge in [0.05, 0.1) is 6.04 Å². The van der Waals surface area contributed by atoms with Crippen molar-refractivity contribution in [2.45, 2.75) is 32.9 Å². The molecule has 0 aromatic heterocycles. The number of halogens is 1. The number of hydrogen-bond donors (Lipinski definition) is 3. The second-order valence-electron chi connectivity index (χ2n) is 5.65. The summed E-state index contributed by atoms with van der Waals surface area (Å²) in [5.41, 5.74) is 5.69. The molecule has 0 spiro atoms. The molecule has 6 heteroatoms. The van der Waals surface area contributed by atoms with Crippen LogP contribution in [0.15, 0.2) is 24.3 Å². The van der Waals surface area contributed by atoms with Gasteiger partial charge in [-0.3, -0.25) is 4.79 Å². The van der Waals surface area contributed by atoms with Crippen molar-refractivity contribution >= 4 is 23.5 Å². The minimum absolute atomic E-state index is 0.282. The van der Waals surface area contributed by atoms with Gasteiger partial charge in [-0.15, -0.1) is 0 Å². The van der Waals surface area contributed by atoms with Crippen LogP contribution >= 0.6 is 11.6 Å². The zero-order valence-corrected chi connectivity index (χ0v) is 12.4. The molecule has 0 aliphatic rings. The molecule has 0 aliphatic heterocycles. The average Bonchev–Trinajstić information content (AvgIpc) is 2.34. The summed E-state index contributed by atoms with van der Waals surface area (Å²) in [6.45, 7) is 5.42.